The van der Waals surface area contributed by atoms with Crippen LogP contribution < -0.4 is 10.6 Å². The van der Waals surface area contributed by atoms with Crippen molar-refractivity contribution in [2.75, 3.05) is 39.3 Å². The minimum absolute atomic E-state index is 0. The smallest absolute Gasteiger partial charge is 0.223 e. The van der Waals surface area contributed by atoms with Gasteiger partial charge in [-0.1, -0.05) is 13.8 Å². The van der Waals surface area contributed by atoms with Crippen LogP contribution in [-0.4, -0.2) is 50.1 Å². The number of hydrogen-bond donors (Lipinski definition) is 2. The molecule has 0 aromatic rings. The topological polar surface area (TPSA) is 44.4 Å². The SMILES string of the molecule is CCC(CC)C(=O)NCCCN1CCNCC1.Cl. The van der Waals surface area contributed by atoms with Gasteiger partial charge in [-0.3, -0.25) is 4.79 Å². The maximum Gasteiger partial charge on any atom is 0.223 e. The van der Waals surface area contributed by atoms with E-state index in [2.05, 4.69) is 29.4 Å². The number of rotatable bonds is 7. The van der Waals surface area contributed by atoms with E-state index in [1.807, 2.05) is 0 Å². The van der Waals surface area contributed by atoms with Gasteiger partial charge in [0.05, 0.1) is 0 Å². The number of halogens is 1. The molecule has 5 heteroatoms. The maximum atomic E-state index is 11.7. The normalized spacial score (nSPS) is 16.4. The molecule has 0 aromatic heterocycles. The lowest BCUT2D eigenvalue weighted by Gasteiger charge is -2.27. The summed E-state index contributed by atoms with van der Waals surface area (Å²) in [5, 5.41) is 6.39. The lowest BCUT2D eigenvalue weighted by Crippen LogP contribution is -2.44. The molecule has 1 heterocycles. The zero-order chi connectivity index (χ0) is 12.5. The van der Waals surface area contributed by atoms with Gasteiger partial charge in [0, 0.05) is 38.6 Å². The molecule has 1 aliphatic heterocycles. The van der Waals surface area contributed by atoms with Crippen LogP contribution in [0, 0.1) is 5.92 Å². The van der Waals surface area contributed by atoms with Crippen molar-refractivity contribution in [3.8, 4) is 0 Å². The van der Waals surface area contributed by atoms with Gasteiger partial charge in [0.2, 0.25) is 5.91 Å². The highest BCUT2D eigenvalue weighted by Gasteiger charge is 2.13. The highest BCUT2D eigenvalue weighted by Crippen LogP contribution is 2.06. The fourth-order valence-electron chi connectivity index (χ4n) is 2.25. The standard InChI is InChI=1S/C13H27N3O.ClH/c1-3-12(4-2)13(17)15-6-5-9-16-10-7-14-8-11-16;/h12,14H,3-11H2,1-2H3,(H,15,17);1H. The van der Waals surface area contributed by atoms with E-state index in [4.69, 9.17) is 0 Å². The van der Waals surface area contributed by atoms with Crippen LogP contribution in [0.5, 0.6) is 0 Å². The monoisotopic (exact) mass is 277 g/mol. The molecule has 2 N–H and O–H groups in total. The summed E-state index contributed by atoms with van der Waals surface area (Å²) in [5.74, 6) is 0.435. The fourth-order valence-corrected chi connectivity index (χ4v) is 2.25. The average molecular weight is 278 g/mol. The molecule has 1 amide bonds. The molecule has 0 aliphatic carbocycles. The first-order valence-electron chi connectivity index (χ1n) is 6.98. The molecule has 4 nitrogen and oxygen atoms in total. The van der Waals surface area contributed by atoms with E-state index in [9.17, 15) is 4.79 Å². The summed E-state index contributed by atoms with van der Waals surface area (Å²) < 4.78 is 0. The number of nitrogens with zero attached hydrogens (tertiary/aromatic N) is 1. The summed E-state index contributed by atoms with van der Waals surface area (Å²) in [4.78, 5) is 14.2. The fraction of sp³-hybridized carbons (Fsp3) is 0.923. The van der Waals surface area contributed by atoms with Crippen molar-refractivity contribution in [2.24, 2.45) is 5.92 Å². The van der Waals surface area contributed by atoms with Crippen molar-refractivity contribution in [3.63, 3.8) is 0 Å². The van der Waals surface area contributed by atoms with Crippen molar-refractivity contribution in [1.29, 1.82) is 0 Å². The van der Waals surface area contributed by atoms with Gasteiger partial charge in [0.25, 0.3) is 0 Å². The molecule has 1 saturated heterocycles. The van der Waals surface area contributed by atoms with E-state index >= 15 is 0 Å². The molecular weight excluding hydrogens is 250 g/mol. The number of carbonyl (C=O) groups is 1. The van der Waals surface area contributed by atoms with Crippen molar-refractivity contribution < 1.29 is 4.79 Å². The van der Waals surface area contributed by atoms with Gasteiger partial charge in [-0.25, -0.2) is 0 Å². The second kappa shape index (κ2) is 10.6. The number of hydrogen-bond acceptors (Lipinski definition) is 3. The van der Waals surface area contributed by atoms with Gasteiger partial charge >= 0.3 is 0 Å². The van der Waals surface area contributed by atoms with Crippen LogP contribution in [0.4, 0.5) is 0 Å². The number of carbonyl (C=O) groups excluding carboxylic acids is 1. The van der Waals surface area contributed by atoms with Crippen LogP contribution in [0.2, 0.25) is 0 Å². The molecular formula is C13H28ClN3O. The van der Waals surface area contributed by atoms with Gasteiger partial charge in [0.1, 0.15) is 0 Å². The first kappa shape index (κ1) is 17.7. The van der Waals surface area contributed by atoms with Crippen LogP contribution in [-0.2, 0) is 4.79 Å². The molecule has 0 spiro atoms. The number of amides is 1. The lowest BCUT2D eigenvalue weighted by molar-refractivity contribution is -0.125. The maximum absolute atomic E-state index is 11.7. The molecule has 0 aromatic carbocycles. The molecule has 0 unspecified atom stereocenters. The van der Waals surface area contributed by atoms with Gasteiger partial charge < -0.3 is 15.5 Å². The highest BCUT2D eigenvalue weighted by atomic mass is 35.5. The molecule has 0 radical (unpaired) electrons. The van der Waals surface area contributed by atoms with Gasteiger partial charge in [0.15, 0.2) is 0 Å². The van der Waals surface area contributed by atoms with E-state index in [1.54, 1.807) is 0 Å². The van der Waals surface area contributed by atoms with E-state index < -0.39 is 0 Å². The Labute approximate surface area is 117 Å². The third kappa shape index (κ3) is 6.57. The molecule has 0 atom stereocenters. The minimum Gasteiger partial charge on any atom is -0.356 e. The lowest BCUT2D eigenvalue weighted by atomic mass is 10.0. The summed E-state index contributed by atoms with van der Waals surface area (Å²) in [6.45, 7) is 10.5. The Kier molecular flexibility index (Phi) is 10.4. The van der Waals surface area contributed by atoms with Crippen molar-refractivity contribution in [3.05, 3.63) is 0 Å². The first-order valence-corrected chi connectivity index (χ1v) is 6.98. The first-order chi connectivity index (χ1) is 8.27. The Morgan fingerprint density at radius 1 is 1.28 bits per heavy atom. The summed E-state index contributed by atoms with van der Waals surface area (Å²) in [6, 6.07) is 0. The molecule has 1 aliphatic rings. The summed E-state index contributed by atoms with van der Waals surface area (Å²) in [7, 11) is 0. The third-order valence-corrected chi connectivity index (χ3v) is 3.52. The van der Waals surface area contributed by atoms with Crippen molar-refractivity contribution in [2.45, 2.75) is 33.1 Å². The molecule has 108 valence electrons. The van der Waals surface area contributed by atoms with E-state index in [0.717, 1.165) is 58.5 Å². The van der Waals surface area contributed by atoms with Crippen LogP contribution in [0.15, 0.2) is 0 Å². The van der Waals surface area contributed by atoms with E-state index in [1.165, 1.54) is 0 Å². The molecule has 0 saturated carbocycles. The zero-order valence-corrected chi connectivity index (χ0v) is 12.5. The Balaban J connectivity index is 0.00000289. The summed E-state index contributed by atoms with van der Waals surface area (Å²) >= 11 is 0. The second-order valence-corrected chi connectivity index (χ2v) is 4.75. The Bertz CT molecular complexity index is 216. The minimum atomic E-state index is 0. The van der Waals surface area contributed by atoms with Gasteiger partial charge in [-0.2, -0.15) is 0 Å². The van der Waals surface area contributed by atoms with Crippen molar-refractivity contribution >= 4 is 18.3 Å². The summed E-state index contributed by atoms with van der Waals surface area (Å²) in [6.07, 6.45) is 2.95. The Morgan fingerprint density at radius 2 is 1.89 bits per heavy atom. The van der Waals surface area contributed by atoms with Gasteiger partial charge in [-0.05, 0) is 25.8 Å². The van der Waals surface area contributed by atoms with Crippen LogP contribution in [0.25, 0.3) is 0 Å². The van der Waals surface area contributed by atoms with Crippen LogP contribution >= 0.6 is 12.4 Å². The zero-order valence-electron chi connectivity index (χ0n) is 11.7. The summed E-state index contributed by atoms with van der Waals surface area (Å²) in [5.41, 5.74) is 0. The third-order valence-electron chi connectivity index (χ3n) is 3.52. The number of nitrogens with one attached hydrogen (secondary N) is 2. The predicted octanol–water partition coefficient (Wildman–Crippen LogP) is 1.26. The molecule has 1 rings (SSSR count). The van der Waals surface area contributed by atoms with Crippen molar-refractivity contribution in [1.82, 2.24) is 15.5 Å². The van der Waals surface area contributed by atoms with E-state index in [-0.39, 0.29) is 24.2 Å². The highest BCUT2D eigenvalue weighted by molar-refractivity contribution is 5.85. The predicted molar refractivity (Wildman–Crippen MR) is 78.3 cm³/mol. The number of piperazine rings is 1. The largest absolute Gasteiger partial charge is 0.356 e. The van der Waals surface area contributed by atoms with Crippen LogP contribution in [0.3, 0.4) is 0 Å². The second-order valence-electron chi connectivity index (χ2n) is 4.75. The van der Waals surface area contributed by atoms with Crippen LogP contribution in [0.1, 0.15) is 33.1 Å². The Hall–Kier alpha value is -0.320. The van der Waals surface area contributed by atoms with Gasteiger partial charge in [-0.15, -0.1) is 12.4 Å². The quantitative estimate of drug-likeness (QED) is 0.689. The Morgan fingerprint density at radius 3 is 2.44 bits per heavy atom. The average Bonchev–Trinajstić information content (AvgIpc) is 2.37. The molecule has 0 bridgehead atoms. The molecule has 18 heavy (non-hydrogen) atoms. The molecule has 1 fully saturated rings. The van der Waals surface area contributed by atoms with E-state index in [0.29, 0.717) is 0 Å².